The van der Waals surface area contributed by atoms with E-state index < -0.39 is 5.41 Å². The maximum atomic E-state index is 6.36. The number of aryl methyl sites for hydroxylation is 1. The maximum Gasteiger partial charge on any atom is 0.125 e. The highest BCUT2D eigenvalue weighted by Crippen LogP contribution is 2.44. The van der Waals surface area contributed by atoms with E-state index in [0.29, 0.717) is 32.7 Å². The smallest absolute Gasteiger partial charge is 0.125 e. The molecule has 282 valence electrons. The average molecular weight is 727 g/mol. The van der Waals surface area contributed by atoms with Crippen molar-refractivity contribution in [2.75, 3.05) is 39.6 Å². The quantitative estimate of drug-likeness (QED) is 0.0514. The first-order valence-corrected chi connectivity index (χ1v) is 19.2. The number of rotatable bonds is 20. The number of hydrogen-bond donors (Lipinski definition) is 0. The first-order chi connectivity index (χ1) is 26.1. The third-order valence-corrected chi connectivity index (χ3v) is 11.1. The van der Waals surface area contributed by atoms with Gasteiger partial charge in [0.25, 0.3) is 0 Å². The molecule has 4 aromatic rings. The summed E-state index contributed by atoms with van der Waals surface area (Å²) in [6.45, 7) is 25.2. The van der Waals surface area contributed by atoms with Gasteiger partial charge in [0, 0.05) is 10.8 Å². The van der Waals surface area contributed by atoms with E-state index in [0.717, 1.165) is 65.7 Å². The molecule has 0 N–H and O–H groups in total. The number of benzene rings is 4. The number of epoxide rings is 3. The summed E-state index contributed by atoms with van der Waals surface area (Å²) >= 11 is 0. The zero-order valence-corrected chi connectivity index (χ0v) is 32.3. The number of allylic oxidation sites excluding steroid dienone is 3. The molecule has 3 heterocycles. The van der Waals surface area contributed by atoms with Gasteiger partial charge in [0.05, 0.1) is 19.8 Å². The van der Waals surface area contributed by atoms with E-state index in [-0.39, 0.29) is 23.7 Å². The molecule has 0 spiro atoms. The molecule has 0 saturated carbocycles. The normalized spacial score (nSPS) is 19.7. The lowest BCUT2D eigenvalue weighted by Gasteiger charge is -2.35. The Kier molecular flexibility index (Phi) is 11.2. The van der Waals surface area contributed by atoms with E-state index in [1.807, 2.05) is 18.2 Å². The Hall–Kier alpha value is -4.62. The minimum Gasteiger partial charge on any atom is -0.490 e. The fourth-order valence-electron chi connectivity index (χ4n) is 7.34. The van der Waals surface area contributed by atoms with E-state index in [1.54, 1.807) is 0 Å². The predicted octanol–water partition coefficient (Wildman–Crippen LogP) is 9.19. The van der Waals surface area contributed by atoms with Crippen molar-refractivity contribution in [3.05, 3.63) is 161 Å². The van der Waals surface area contributed by atoms with Crippen molar-refractivity contribution in [1.29, 1.82) is 0 Å². The summed E-state index contributed by atoms with van der Waals surface area (Å²) in [7, 11) is 0. The Morgan fingerprint density at radius 2 is 0.981 bits per heavy atom. The van der Waals surface area contributed by atoms with Crippen LogP contribution in [0.1, 0.15) is 70.8 Å². The monoisotopic (exact) mass is 726 g/mol. The second-order valence-electron chi connectivity index (χ2n) is 15.5. The van der Waals surface area contributed by atoms with Crippen LogP contribution in [0, 0.1) is 6.92 Å². The summed E-state index contributed by atoms with van der Waals surface area (Å²) in [5, 5.41) is 0. The molecule has 0 bridgehead atoms. The lowest BCUT2D eigenvalue weighted by molar-refractivity contribution is 0.260. The van der Waals surface area contributed by atoms with Crippen molar-refractivity contribution in [3.63, 3.8) is 0 Å². The highest BCUT2D eigenvalue weighted by molar-refractivity contribution is 5.57. The Morgan fingerprint density at radius 3 is 1.50 bits per heavy atom. The highest BCUT2D eigenvalue weighted by atomic mass is 16.6. The van der Waals surface area contributed by atoms with E-state index in [4.69, 9.17) is 28.4 Å². The molecule has 6 heteroatoms. The fourth-order valence-corrected chi connectivity index (χ4v) is 7.34. The van der Waals surface area contributed by atoms with E-state index in [1.165, 1.54) is 27.8 Å². The van der Waals surface area contributed by atoms with Gasteiger partial charge in [-0.3, -0.25) is 0 Å². The SMILES string of the molecule is C=CCc1cc(C(C)(C)c2ccc(C(C)(c3ccc(OCC4CO4)c(CC=C)c3)c3cc(C)c(OCC4CO4)c(CC=C)c3)cc2)ccc1OCC1CO1. The molecule has 4 aromatic carbocycles. The lowest BCUT2D eigenvalue weighted by Crippen LogP contribution is -2.27. The molecule has 0 radical (unpaired) electrons. The molecule has 54 heavy (non-hydrogen) atoms. The lowest BCUT2D eigenvalue weighted by atomic mass is 9.69. The average Bonchev–Trinajstić information content (AvgIpc) is 4.01. The molecule has 3 aliphatic rings. The Morgan fingerprint density at radius 1 is 0.556 bits per heavy atom. The predicted molar refractivity (Wildman–Crippen MR) is 216 cm³/mol. The van der Waals surface area contributed by atoms with E-state index >= 15 is 0 Å². The number of hydrogen-bond acceptors (Lipinski definition) is 6. The standard InChI is InChI=1S/C48H54O6/c1-8-11-33-23-38(18-20-44(33)52-29-41-26-49-41)47(5,6)36-14-16-37(17-15-36)48(7,39-19-21-45(34(24-39)12-9-2)53-30-42-27-50-42)40-22-32(4)46(35(25-40)13-10-3)54-31-43-28-51-43/h8-10,14-25,41-43H,1-3,11-13,26-31H2,4-7H3. The van der Waals surface area contributed by atoms with Gasteiger partial charge < -0.3 is 28.4 Å². The van der Waals surface area contributed by atoms with Crippen LogP contribution in [-0.4, -0.2) is 58.0 Å². The molecular formula is C48H54O6. The summed E-state index contributed by atoms with van der Waals surface area (Å²) in [4.78, 5) is 0. The van der Waals surface area contributed by atoms with Crippen molar-refractivity contribution < 1.29 is 28.4 Å². The summed E-state index contributed by atoms with van der Waals surface area (Å²) in [6, 6.07) is 27.0. The van der Waals surface area contributed by atoms with Crippen LogP contribution in [0.5, 0.6) is 17.2 Å². The van der Waals surface area contributed by atoms with Gasteiger partial charge in [0.2, 0.25) is 0 Å². The van der Waals surface area contributed by atoms with Gasteiger partial charge in [-0.25, -0.2) is 0 Å². The van der Waals surface area contributed by atoms with Gasteiger partial charge in [0.15, 0.2) is 0 Å². The largest absolute Gasteiger partial charge is 0.490 e. The molecule has 0 aromatic heterocycles. The van der Waals surface area contributed by atoms with Gasteiger partial charge in [-0.05, 0) is 95.3 Å². The Labute approximate surface area is 321 Å². The third kappa shape index (κ3) is 8.37. The van der Waals surface area contributed by atoms with Crippen LogP contribution in [-0.2, 0) is 44.3 Å². The summed E-state index contributed by atoms with van der Waals surface area (Å²) < 4.78 is 35.0. The van der Waals surface area contributed by atoms with Crippen molar-refractivity contribution >= 4 is 0 Å². The summed E-state index contributed by atoms with van der Waals surface area (Å²) in [5.41, 5.74) is 9.67. The Bertz CT molecular complexity index is 1980. The van der Waals surface area contributed by atoms with Crippen LogP contribution in [0.15, 0.2) is 111 Å². The fraction of sp³-hybridized carbons (Fsp3) is 0.375. The zero-order valence-electron chi connectivity index (χ0n) is 32.3. The van der Waals surface area contributed by atoms with Gasteiger partial charge in [-0.1, -0.05) is 92.7 Å². The molecule has 0 amide bonds. The van der Waals surface area contributed by atoms with E-state index in [9.17, 15) is 0 Å². The first-order valence-electron chi connectivity index (χ1n) is 19.2. The molecule has 3 aliphatic heterocycles. The van der Waals surface area contributed by atoms with Crippen molar-refractivity contribution in [3.8, 4) is 17.2 Å². The van der Waals surface area contributed by atoms with Gasteiger partial charge in [-0.15, -0.1) is 19.7 Å². The third-order valence-electron chi connectivity index (χ3n) is 11.1. The van der Waals surface area contributed by atoms with Gasteiger partial charge >= 0.3 is 0 Å². The second kappa shape index (κ2) is 16.0. The van der Waals surface area contributed by atoms with Crippen LogP contribution in [0.3, 0.4) is 0 Å². The van der Waals surface area contributed by atoms with Crippen molar-refractivity contribution in [2.24, 2.45) is 0 Å². The first kappa shape index (κ1) is 37.7. The van der Waals surface area contributed by atoms with Crippen LogP contribution >= 0.6 is 0 Å². The van der Waals surface area contributed by atoms with Crippen molar-refractivity contribution in [2.45, 2.75) is 76.1 Å². The summed E-state index contributed by atoms with van der Waals surface area (Å²) in [6.07, 6.45) is 8.51. The molecule has 6 nitrogen and oxygen atoms in total. The topological polar surface area (TPSA) is 65.3 Å². The molecule has 4 unspecified atom stereocenters. The highest BCUT2D eigenvalue weighted by Gasteiger charge is 2.35. The van der Waals surface area contributed by atoms with Gasteiger partial charge in [0.1, 0.15) is 55.4 Å². The van der Waals surface area contributed by atoms with Crippen LogP contribution in [0.25, 0.3) is 0 Å². The molecule has 4 atom stereocenters. The van der Waals surface area contributed by atoms with Crippen LogP contribution in [0.4, 0.5) is 0 Å². The number of ether oxygens (including phenoxy) is 6. The summed E-state index contributed by atoms with van der Waals surface area (Å²) in [5.74, 6) is 2.68. The molecule has 3 fully saturated rings. The molecule has 3 saturated heterocycles. The maximum absolute atomic E-state index is 6.36. The van der Waals surface area contributed by atoms with Crippen LogP contribution < -0.4 is 14.2 Å². The minimum absolute atomic E-state index is 0.173. The van der Waals surface area contributed by atoms with Crippen LogP contribution in [0.2, 0.25) is 0 Å². The molecular weight excluding hydrogens is 673 g/mol. The Balaban J connectivity index is 1.28. The van der Waals surface area contributed by atoms with E-state index in [2.05, 4.69) is 120 Å². The van der Waals surface area contributed by atoms with Crippen molar-refractivity contribution in [1.82, 2.24) is 0 Å². The van der Waals surface area contributed by atoms with Gasteiger partial charge in [-0.2, -0.15) is 0 Å². The second-order valence-corrected chi connectivity index (χ2v) is 15.5. The minimum atomic E-state index is -0.517. The molecule has 0 aliphatic carbocycles. The zero-order chi connectivity index (χ0) is 37.9. The molecule has 7 rings (SSSR count).